The summed E-state index contributed by atoms with van der Waals surface area (Å²) in [7, 11) is 0. The van der Waals surface area contributed by atoms with Crippen LogP contribution in [0.1, 0.15) is 15.9 Å². The Balaban J connectivity index is 1.99. The lowest BCUT2D eigenvalue weighted by atomic mass is 10.0. The fourth-order valence-electron chi connectivity index (χ4n) is 2.50. The number of rotatable bonds is 4. The summed E-state index contributed by atoms with van der Waals surface area (Å²) in [5, 5.41) is 0. The molecule has 0 radical (unpaired) electrons. The first-order valence-corrected chi connectivity index (χ1v) is 7.16. The summed E-state index contributed by atoms with van der Waals surface area (Å²) in [5.41, 5.74) is 9.12. The molecule has 3 rings (SSSR count). The molecule has 1 aromatic heterocycles. The van der Waals surface area contributed by atoms with Crippen LogP contribution in [-0.2, 0) is 6.54 Å². The molecular formula is C19H17N2O+. The van der Waals surface area contributed by atoms with Crippen LogP contribution in [0.2, 0.25) is 0 Å². The first kappa shape index (κ1) is 14.0. The first-order valence-electron chi connectivity index (χ1n) is 7.16. The lowest BCUT2D eigenvalue weighted by Crippen LogP contribution is -2.35. The molecule has 0 saturated heterocycles. The molecule has 3 aromatic rings. The highest BCUT2D eigenvalue weighted by atomic mass is 16.1. The van der Waals surface area contributed by atoms with Crippen molar-refractivity contribution in [2.24, 2.45) is 5.73 Å². The van der Waals surface area contributed by atoms with Crippen LogP contribution in [0.3, 0.4) is 0 Å². The van der Waals surface area contributed by atoms with E-state index in [9.17, 15) is 4.79 Å². The van der Waals surface area contributed by atoms with Crippen LogP contribution in [0, 0.1) is 0 Å². The molecule has 108 valence electrons. The Morgan fingerprint density at radius 1 is 0.909 bits per heavy atom. The van der Waals surface area contributed by atoms with Gasteiger partial charge in [0, 0.05) is 17.2 Å². The van der Waals surface area contributed by atoms with E-state index in [0.717, 1.165) is 11.1 Å². The van der Waals surface area contributed by atoms with Crippen LogP contribution < -0.4 is 10.3 Å². The lowest BCUT2D eigenvalue weighted by molar-refractivity contribution is -0.688. The monoisotopic (exact) mass is 289 g/mol. The van der Waals surface area contributed by atoms with Crippen molar-refractivity contribution in [3.8, 4) is 11.1 Å². The Bertz CT molecular complexity index is 783. The van der Waals surface area contributed by atoms with E-state index in [-0.39, 0.29) is 0 Å². The molecule has 3 heteroatoms. The number of nitrogens with zero attached hydrogens (tertiary/aromatic N) is 1. The van der Waals surface area contributed by atoms with E-state index in [2.05, 4.69) is 12.1 Å². The van der Waals surface area contributed by atoms with Gasteiger partial charge in [0.2, 0.25) is 0 Å². The highest BCUT2D eigenvalue weighted by molar-refractivity contribution is 5.99. The van der Waals surface area contributed by atoms with Gasteiger partial charge in [-0.05, 0) is 5.56 Å². The molecular weight excluding hydrogens is 272 g/mol. The number of carbonyl (C=O) groups is 1. The van der Waals surface area contributed by atoms with Gasteiger partial charge in [0.05, 0.1) is 0 Å². The molecule has 0 aliphatic carbocycles. The van der Waals surface area contributed by atoms with Gasteiger partial charge in [-0.3, -0.25) is 4.79 Å². The molecule has 0 aliphatic heterocycles. The summed E-state index contributed by atoms with van der Waals surface area (Å²) in [5.74, 6) is -0.415. The van der Waals surface area contributed by atoms with Gasteiger partial charge in [-0.2, -0.15) is 4.57 Å². The van der Waals surface area contributed by atoms with Crippen molar-refractivity contribution in [3.05, 3.63) is 90.3 Å². The molecule has 0 atom stereocenters. The van der Waals surface area contributed by atoms with Crippen LogP contribution in [-0.4, -0.2) is 5.91 Å². The minimum absolute atomic E-state index is 0.415. The van der Waals surface area contributed by atoms with Crippen LogP contribution in [0.5, 0.6) is 0 Å². The molecule has 2 N–H and O–H groups in total. The molecule has 0 bridgehead atoms. The maximum absolute atomic E-state index is 11.8. The third-order valence-electron chi connectivity index (χ3n) is 3.58. The number of primary amides is 1. The van der Waals surface area contributed by atoms with Crippen molar-refractivity contribution >= 4 is 5.91 Å². The molecule has 22 heavy (non-hydrogen) atoms. The van der Waals surface area contributed by atoms with Crippen molar-refractivity contribution in [2.75, 3.05) is 0 Å². The second-order valence-corrected chi connectivity index (χ2v) is 5.16. The van der Waals surface area contributed by atoms with Crippen LogP contribution >= 0.6 is 0 Å². The molecule has 0 unspecified atom stereocenters. The van der Waals surface area contributed by atoms with Crippen LogP contribution in [0.25, 0.3) is 11.1 Å². The standard InChI is InChI=1S/C19H16N2O/c20-19(22)18-14-21(13-15-7-3-1-4-8-15)12-11-17(18)16-9-5-2-6-10-16/h1-12,14H,13H2,(H-,20,22)/p+1. The summed E-state index contributed by atoms with van der Waals surface area (Å²) in [6.07, 6.45) is 3.79. The molecule has 1 heterocycles. The number of benzene rings is 2. The fourth-order valence-corrected chi connectivity index (χ4v) is 2.50. The predicted molar refractivity (Wildman–Crippen MR) is 86.1 cm³/mol. The smallest absolute Gasteiger partial charge is 0.255 e. The number of hydrogen-bond donors (Lipinski definition) is 1. The highest BCUT2D eigenvalue weighted by Gasteiger charge is 2.15. The van der Waals surface area contributed by atoms with Gasteiger partial charge < -0.3 is 5.73 Å². The quantitative estimate of drug-likeness (QED) is 0.738. The fraction of sp³-hybridized carbons (Fsp3) is 0.0526. The number of pyridine rings is 1. The average Bonchev–Trinajstić information content (AvgIpc) is 2.56. The third kappa shape index (κ3) is 3.04. The number of nitrogens with two attached hydrogens (primary N) is 1. The number of hydrogen-bond acceptors (Lipinski definition) is 1. The largest absolute Gasteiger partial charge is 0.365 e. The van der Waals surface area contributed by atoms with Gasteiger partial charge in [-0.1, -0.05) is 60.7 Å². The zero-order valence-corrected chi connectivity index (χ0v) is 12.1. The Labute approximate surface area is 129 Å². The molecule has 0 saturated carbocycles. The third-order valence-corrected chi connectivity index (χ3v) is 3.58. The van der Waals surface area contributed by atoms with Crippen molar-refractivity contribution in [1.29, 1.82) is 0 Å². The summed E-state index contributed by atoms with van der Waals surface area (Å²) in [6, 6.07) is 21.9. The zero-order chi connectivity index (χ0) is 15.4. The summed E-state index contributed by atoms with van der Waals surface area (Å²) in [4.78, 5) is 11.8. The average molecular weight is 289 g/mol. The number of aromatic nitrogens is 1. The van der Waals surface area contributed by atoms with Gasteiger partial charge in [-0.25, -0.2) is 0 Å². The summed E-state index contributed by atoms with van der Waals surface area (Å²) >= 11 is 0. The van der Waals surface area contributed by atoms with E-state index in [1.165, 1.54) is 5.56 Å². The molecule has 0 fully saturated rings. The van der Waals surface area contributed by atoms with Crippen molar-refractivity contribution in [1.82, 2.24) is 0 Å². The Hall–Kier alpha value is -2.94. The van der Waals surface area contributed by atoms with E-state index in [1.807, 2.05) is 71.6 Å². The second-order valence-electron chi connectivity index (χ2n) is 5.16. The van der Waals surface area contributed by atoms with E-state index in [1.54, 1.807) is 0 Å². The zero-order valence-electron chi connectivity index (χ0n) is 12.1. The SMILES string of the molecule is NC(=O)c1c[n+](Cc2ccccc2)ccc1-c1ccccc1. The summed E-state index contributed by atoms with van der Waals surface area (Å²) in [6.45, 7) is 0.705. The topological polar surface area (TPSA) is 47.0 Å². The number of carbonyl (C=O) groups excluding carboxylic acids is 1. The van der Waals surface area contributed by atoms with Gasteiger partial charge in [0.25, 0.3) is 5.91 Å². The normalized spacial score (nSPS) is 10.4. The molecule has 1 amide bonds. The molecule has 0 spiro atoms. The highest BCUT2D eigenvalue weighted by Crippen LogP contribution is 2.21. The van der Waals surface area contributed by atoms with E-state index >= 15 is 0 Å². The lowest BCUT2D eigenvalue weighted by Gasteiger charge is -2.06. The Morgan fingerprint density at radius 2 is 1.55 bits per heavy atom. The van der Waals surface area contributed by atoms with E-state index < -0.39 is 5.91 Å². The Morgan fingerprint density at radius 3 is 2.18 bits per heavy atom. The predicted octanol–water partition coefficient (Wildman–Crippen LogP) is 2.79. The maximum Gasteiger partial charge on any atom is 0.255 e. The second kappa shape index (κ2) is 6.22. The first-order chi connectivity index (χ1) is 10.7. The van der Waals surface area contributed by atoms with Crippen LogP contribution in [0.4, 0.5) is 0 Å². The minimum Gasteiger partial charge on any atom is -0.365 e. The van der Waals surface area contributed by atoms with Crippen LogP contribution in [0.15, 0.2) is 79.1 Å². The van der Waals surface area contributed by atoms with E-state index in [4.69, 9.17) is 5.73 Å². The van der Waals surface area contributed by atoms with Gasteiger partial charge in [0.15, 0.2) is 18.9 Å². The molecule has 0 aliphatic rings. The van der Waals surface area contributed by atoms with Crippen molar-refractivity contribution < 1.29 is 9.36 Å². The molecule has 3 nitrogen and oxygen atoms in total. The van der Waals surface area contributed by atoms with Crippen molar-refractivity contribution in [2.45, 2.75) is 6.54 Å². The minimum atomic E-state index is -0.415. The van der Waals surface area contributed by atoms with Gasteiger partial charge in [-0.15, -0.1) is 0 Å². The Kier molecular flexibility index (Phi) is 3.97. The van der Waals surface area contributed by atoms with Crippen molar-refractivity contribution in [3.63, 3.8) is 0 Å². The summed E-state index contributed by atoms with van der Waals surface area (Å²) < 4.78 is 1.97. The maximum atomic E-state index is 11.8. The van der Waals surface area contributed by atoms with Gasteiger partial charge in [0.1, 0.15) is 5.56 Å². The number of amides is 1. The molecule has 2 aromatic carbocycles. The van der Waals surface area contributed by atoms with E-state index in [0.29, 0.717) is 12.1 Å². The van der Waals surface area contributed by atoms with Gasteiger partial charge >= 0.3 is 0 Å².